The zero-order chi connectivity index (χ0) is 13.9. The molecular weight excluding hydrogens is 254 g/mol. The lowest BCUT2D eigenvalue weighted by Crippen LogP contribution is -2.00. The van der Waals surface area contributed by atoms with Crippen molar-refractivity contribution in [3.8, 4) is 17.4 Å². The van der Waals surface area contributed by atoms with Crippen molar-refractivity contribution in [3.05, 3.63) is 41.3 Å². The van der Waals surface area contributed by atoms with Crippen molar-refractivity contribution in [1.29, 1.82) is 0 Å². The Morgan fingerprint density at radius 1 is 1.15 bits per heavy atom. The zero-order valence-electron chi connectivity index (χ0n) is 11.4. The van der Waals surface area contributed by atoms with E-state index in [1.54, 1.807) is 13.4 Å². The molecule has 20 heavy (non-hydrogen) atoms. The molecular formula is C15H17N3O2. The Bertz CT molecular complexity index is 606. The summed E-state index contributed by atoms with van der Waals surface area (Å²) in [5.41, 5.74) is 8.86. The minimum Gasteiger partial charge on any atom is -0.497 e. The summed E-state index contributed by atoms with van der Waals surface area (Å²) < 4.78 is 11.2. The van der Waals surface area contributed by atoms with Crippen LogP contribution in [0.1, 0.15) is 23.2 Å². The van der Waals surface area contributed by atoms with E-state index in [-0.39, 0.29) is 0 Å². The third kappa shape index (κ3) is 2.44. The average molecular weight is 271 g/mol. The first-order valence-corrected chi connectivity index (χ1v) is 6.69. The van der Waals surface area contributed by atoms with Gasteiger partial charge in [-0.15, -0.1) is 0 Å². The van der Waals surface area contributed by atoms with Crippen molar-refractivity contribution in [2.75, 3.05) is 7.11 Å². The van der Waals surface area contributed by atoms with Crippen molar-refractivity contribution < 1.29 is 9.47 Å². The van der Waals surface area contributed by atoms with E-state index < -0.39 is 0 Å². The van der Waals surface area contributed by atoms with Gasteiger partial charge < -0.3 is 15.2 Å². The summed E-state index contributed by atoms with van der Waals surface area (Å²) in [6, 6.07) is 5.64. The molecule has 0 bridgehead atoms. The van der Waals surface area contributed by atoms with Gasteiger partial charge in [0.2, 0.25) is 5.88 Å². The molecule has 1 aliphatic carbocycles. The van der Waals surface area contributed by atoms with Crippen LogP contribution in [0.25, 0.3) is 0 Å². The van der Waals surface area contributed by atoms with Gasteiger partial charge in [0.1, 0.15) is 17.8 Å². The molecule has 5 nitrogen and oxygen atoms in total. The van der Waals surface area contributed by atoms with Crippen LogP contribution in [0.2, 0.25) is 0 Å². The lowest BCUT2D eigenvalue weighted by atomic mass is 10.2. The molecule has 0 aliphatic heterocycles. The Balaban J connectivity index is 1.93. The predicted octanol–water partition coefficient (Wildman–Crippen LogP) is 2.22. The average Bonchev–Trinajstić information content (AvgIpc) is 2.96. The second-order valence-corrected chi connectivity index (χ2v) is 4.78. The van der Waals surface area contributed by atoms with Crippen LogP contribution in [0.15, 0.2) is 24.5 Å². The normalized spacial score (nSPS) is 13.1. The molecule has 5 heteroatoms. The number of hydrogen-bond donors (Lipinski definition) is 1. The summed E-state index contributed by atoms with van der Waals surface area (Å²) in [6.07, 6.45) is 4.64. The number of ether oxygens (including phenoxy) is 2. The fraction of sp³-hybridized carbons (Fsp3) is 0.333. The molecule has 0 saturated carbocycles. The van der Waals surface area contributed by atoms with Crippen LogP contribution in [0.4, 0.5) is 0 Å². The first-order chi connectivity index (χ1) is 9.80. The van der Waals surface area contributed by atoms with E-state index in [2.05, 4.69) is 9.97 Å². The summed E-state index contributed by atoms with van der Waals surface area (Å²) in [4.78, 5) is 8.54. The van der Waals surface area contributed by atoms with Crippen LogP contribution in [0, 0.1) is 0 Å². The molecule has 3 rings (SSSR count). The predicted molar refractivity (Wildman–Crippen MR) is 75.0 cm³/mol. The molecule has 1 aliphatic rings. The molecule has 0 atom stereocenters. The van der Waals surface area contributed by atoms with Crippen LogP contribution in [-0.2, 0) is 19.4 Å². The fourth-order valence-electron chi connectivity index (χ4n) is 2.45. The number of fused-ring (bicyclic) bond motifs is 1. The maximum Gasteiger partial charge on any atom is 0.225 e. The van der Waals surface area contributed by atoms with Crippen LogP contribution < -0.4 is 15.2 Å². The minimum absolute atomic E-state index is 0.440. The second kappa shape index (κ2) is 5.46. The lowest BCUT2D eigenvalue weighted by Gasteiger charge is -2.11. The fourth-order valence-corrected chi connectivity index (χ4v) is 2.45. The van der Waals surface area contributed by atoms with Gasteiger partial charge in [-0.2, -0.15) is 0 Å². The van der Waals surface area contributed by atoms with Crippen LogP contribution in [-0.4, -0.2) is 17.1 Å². The van der Waals surface area contributed by atoms with Gasteiger partial charge in [-0.1, -0.05) is 0 Å². The Kier molecular flexibility index (Phi) is 3.52. The number of aryl methyl sites for hydroxylation is 1. The second-order valence-electron chi connectivity index (χ2n) is 4.78. The van der Waals surface area contributed by atoms with Gasteiger partial charge in [-0.25, -0.2) is 9.97 Å². The topological polar surface area (TPSA) is 70.3 Å². The molecule has 104 valence electrons. The summed E-state index contributed by atoms with van der Waals surface area (Å²) in [5.74, 6) is 2.06. The number of methoxy groups -OCH3 is 1. The van der Waals surface area contributed by atoms with Crippen molar-refractivity contribution >= 4 is 0 Å². The molecule has 0 saturated heterocycles. The molecule has 2 aromatic rings. The molecule has 1 aromatic carbocycles. The zero-order valence-corrected chi connectivity index (χ0v) is 11.4. The maximum atomic E-state index is 5.92. The van der Waals surface area contributed by atoms with Gasteiger partial charge in [-0.05, 0) is 37.0 Å². The van der Waals surface area contributed by atoms with Gasteiger partial charge in [-0.3, -0.25) is 0 Å². The summed E-state index contributed by atoms with van der Waals surface area (Å²) in [6.45, 7) is 0.440. The number of hydrogen-bond acceptors (Lipinski definition) is 5. The SMILES string of the molecule is COc1cc(CN)cc(Oc2ncnc3c2CCC3)c1. The van der Waals surface area contributed by atoms with Crippen molar-refractivity contribution in [2.24, 2.45) is 5.73 Å². The highest BCUT2D eigenvalue weighted by atomic mass is 16.5. The van der Waals surface area contributed by atoms with Gasteiger partial charge in [0.15, 0.2) is 0 Å². The van der Waals surface area contributed by atoms with E-state index in [4.69, 9.17) is 15.2 Å². The molecule has 2 N–H and O–H groups in total. The summed E-state index contributed by atoms with van der Waals surface area (Å²) in [5, 5.41) is 0. The number of benzene rings is 1. The van der Waals surface area contributed by atoms with Crippen molar-refractivity contribution in [3.63, 3.8) is 0 Å². The quantitative estimate of drug-likeness (QED) is 0.923. The lowest BCUT2D eigenvalue weighted by molar-refractivity contribution is 0.405. The maximum absolute atomic E-state index is 5.92. The van der Waals surface area contributed by atoms with E-state index in [0.29, 0.717) is 18.2 Å². The van der Waals surface area contributed by atoms with E-state index in [0.717, 1.165) is 41.8 Å². The highest BCUT2D eigenvalue weighted by Gasteiger charge is 2.18. The number of nitrogens with two attached hydrogens (primary N) is 1. The van der Waals surface area contributed by atoms with Crippen LogP contribution in [0.3, 0.4) is 0 Å². The Labute approximate surface area is 117 Å². The summed E-state index contributed by atoms with van der Waals surface area (Å²) >= 11 is 0. The molecule has 0 amide bonds. The molecule has 0 unspecified atom stereocenters. The van der Waals surface area contributed by atoms with Crippen LogP contribution in [0.5, 0.6) is 17.4 Å². The number of nitrogens with zero attached hydrogens (tertiary/aromatic N) is 2. The smallest absolute Gasteiger partial charge is 0.225 e. The number of aromatic nitrogens is 2. The molecule has 0 fully saturated rings. The van der Waals surface area contributed by atoms with Gasteiger partial charge in [0.05, 0.1) is 12.8 Å². The Hall–Kier alpha value is -2.14. The molecule has 0 radical (unpaired) electrons. The van der Waals surface area contributed by atoms with E-state index in [1.807, 2.05) is 18.2 Å². The highest BCUT2D eigenvalue weighted by Crippen LogP contribution is 2.32. The third-order valence-corrected chi connectivity index (χ3v) is 3.46. The summed E-state index contributed by atoms with van der Waals surface area (Å²) in [7, 11) is 1.63. The highest BCUT2D eigenvalue weighted by molar-refractivity contribution is 5.42. The molecule has 0 spiro atoms. The van der Waals surface area contributed by atoms with Gasteiger partial charge in [0, 0.05) is 18.2 Å². The van der Waals surface area contributed by atoms with E-state index in [1.165, 1.54) is 0 Å². The molecule has 1 aromatic heterocycles. The minimum atomic E-state index is 0.440. The Morgan fingerprint density at radius 2 is 2.00 bits per heavy atom. The van der Waals surface area contributed by atoms with E-state index in [9.17, 15) is 0 Å². The number of rotatable bonds is 4. The van der Waals surface area contributed by atoms with Gasteiger partial charge >= 0.3 is 0 Å². The standard InChI is InChI=1S/C15H17N3O2/c1-19-11-5-10(8-16)6-12(7-11)20-15-13-3-2-4-14(13)17-9-18-15/h5-7,9H,2-4,8,16H2,1H3. The van der Waals surface area contributed by atoms with Crippen molar-refractivity contribution in [1.82, 2.24) is 9.97 Å². The molecule has 1 heterocycles. The largest absolute Gasteiger partial charge is 0.497 e. The van der Waals surface area contributed by atoms with Crippen LogP contribution >= 0.6 is 0 Å². The van der Waals surface area contributed by atoms with Gasteiger partial charge in [0.25, 0.3) is 0 Å². The Morgan fingerprint density at radius 3 is 2.80 bits per heavy atom. The first-order valence-electron chi connectivity index (χ1n) is 6.69. The first kappa shape index (κ1) is 12.9. The van der Waals surface area contributed by atoms with E-state index >= 15 is 0 Å². The third-order valence-electron chi connectivity index (χ3n) is 3.46. The monoisotopic (exact) mass is 271 g/mol. The van der Waals surface area contributed by atoms with Crippen molar-refractivity contribution in [2.45, 2.75) is 25.8 Å².